The van der Waals surface area contributed by atoms with Gasteiger partial charge in [-0.1, -0.05) is 85.8 Å². The average Bonchev–Trinajstić information content (AvgIpc) is 1.55. The van der Waals surface area contributed by atoms with Gasteiger partial charge in [0.05, 0.1) is 91.8 Å². The van der Waals surface area contributed by atoms with Gasteiger partial charge in [-0.25, -0.2) is 9.37 Å². The zero-order chi connectivity index (χ0) is 82.3. The number of ketones is 5. The summed E-state index contributed by atoms with van der Waals surface area (Å²) in [6, 6.07) is 24.5. The Kier molecular flexibility index (Phi) is 32.1. The lowest BCUT2D eigenvalue weighted by Gasteiger charge is -2.36. The first-order valence-electron chi connectivity index (χ1n) is 37.2. The number of amides is 6. The number of aryl methyl sites for hydroxylation is 2. The number of hydrogen-bond donors (Lipinski definition) is 12. The number of aromatic amines is 1. The quantitative estimate of drug-likeness (QED) is 0.0249. The highest BCUT2D eigenvalue weighted by atomic mass is 19.1. The number of nitrogens with zero attached hydrogens (tertiary/aromatic N) is 3. The second-order valence-corrected chi connectivity index (χ2v) is 29.3. The number of ether oxygens (including phenoxy) is 1. The number of aliphatic hydroxyl groups excluding tert-OH is 3. The van der Waals surface area contributed by atoms with Gasteiger partial charge < -0.3 is 72.9 Å². The number of aliphatic carboxylic acids is 2. The van der Waals surface area contributed by atoms with Crippen LogP contribution in [0.25, 0.3) is 22.4 Å². The molecule has 1 fully saturated rings. The predicted molar refractivity (Wildman–Crippen MR) is 407 cm³/mol. The predicted octanol–water partition coefficient (Wildman–Crippen LogP) is 4.55. The van der Waals surface area contributed by atoms with Gasteiger partial charge in [-0.2, -0.15) is 0 Å². The highest BCUT2D eigenvalue weighted by Gasteiger charge is 2.48. The second kappa shape index (κ2) is 40.7. The van der Waals surface area contributed by atoms with E-state index in [1.165, 1.54) is 42.5 Å². The number of Topliss-reactive ketones (excluding diaryl/α,β-unsaturated/α-hetero) is 5. The lowest BCUT2D eigenvalue weighted by atomic mass is 9.81. The highest BCUT2D eigenvalue weighted by molar-refractivity contribution is 6.01. The third-order valence-corrected chi connectivity index (χ3v) is 20.8. The summed E-state index contributed by atoms with van der Waals surface area (Å²) in [5.74, 6) is -20.9. The third-order valence-electron chi connectivity index (χ3n) is 20.8. The van der Waals surface area contributed by atoms with Crippen molar-refractivity contribution in [3.8, 4) is 28.1 Å². The standard InChI is InChI=1S/C82H101FN10O19/c1-8-51-32-59(112-7)24-25-61(51)52-21-18-49(19-22-52)31-67(69(98)33-55(75(85)106)30-50-20-26-66(87-41-50)60-16-11-9-14-46(60)2)90-77(108)56(36-74(104)105)34-70(99)68(44-94)91-78(109)63(48(4)96)39-71(100)81(5,40-54-15-10-12-17-64(54)83)92-79(110)62(47(3)95)38-58(97)43-88-76(107)53(23-27-73(102)103)35-72(101)82(6)28-13-29-93(82)80(111)65(84)37-57-42-86-45-89-57/h9-12,14-22,24-26,32,41-42,45,47-48,53,55-56,62-63,65,67-68,94-96H,8,13,23,27-31,33-40,43-44,84H2,1-7H3,(H2,85,106)(H,86,89)(H,88,107)(H,90,108)(H,91,109)(H,92,110)(H,102,103)(H,104,105)/t47-,48-,53-,55-,56+,62+,63+,65+,67+,68+,81+,82-/m1/s1. The summed E-state index contributed by atoms with van der Waals surface area (Å²) >= 11 is 0. The van der Waals surface area contributed by atoms with E-state index >= 15 is 4.39 Å². The van der Waals surface area contributed by atoms with Crippen molar-refractivity contribution in [3.63, 3.8) is 0 Å². The van der Waals surface area contributed by atoms with Gasteiger partial charge in [-0.05, 0) is 136 Å². The van der Waals surface area contributed by atoms with Crippen LogP contribution < -0.4 is 37.5 Å². The van der Waals surface area contributed by atoms with Gasteiger partial charge in [-0.3, -0.25) is 67.3 Å². The van der Waals surface area contributed by atoms with Crippen molar-refractivity contribution in [3.05, 3.63) is 161 Å². The number of likely N-dealkylation sites (tertiary alicyclic amines) is 1. The number of methoxy groups -OCH3 is 1. The lowest BCUT2D eigenvalue weighted by Crippen LogP contribution is -2.58. The molecule has 12 atom stereocenters. The number of aliphatic hydroxyl groups is 3. The molecule has 0 bridgehead atoms. The largest absolute Gasteiger partial charge is 0.497 e. The van der Waals surface area contributed by atoms with Crippen molar-refractivity contribution >= 4 is 76.3 Å². The number of primary amides is 1. The number of aromatic nitrogens is 3. The molecule has 3 heterocycles. The van der Waals surface area contributed by atoms with Crippen molar-refractivity contribution in [1.29, 1.82) is 0 Å². The van der Waals surface area contributed by atoms with E-state index in [2.05, 4.69) is 36.2 Å². The van der Waals surface area contributed by atoms with Crippen LogP contribution in [0.15, 0.2) is 122 Å². The Morgan fingerprint density at radius 3 is 1.96 bits per heavy atom. The Morgan fingerprint density at radius 1 is 0.705 bits per heavy atom. The van der Waals surface area contributed by atoms with Crippen molar-refractivity contribution in [2.75, 3.05) is 26.8 Å². The maximum atomic E-state index is 15.6. The molecule has 0 aliphatic carbocycles. The summed E-state index contributed by atoms with van der Waals surface area (Å²) in [6.45, 7) is 7.03. The first-order chi connectivity index (χ1) is 53.1. The maximum Gasteiger partial charge on any atom is 0.304 e. The molecular weight excluding hydrogens is 1450 g/mol. The number of imidazole rings is 1. The number of carboxylic acids is 2. The Balaban J connectivity index is 1.05. The molecule has 1 aliphatic heterocycles. The number of carboxylic acid groups (broad SMARTS) is 2. The van der Waals surface area contributed by atoms with Gasteiger partial charge in [0.25, 0.3) is 0 Å². The minimum atomic E-state index is -2.25. The number of nitrogens with two attached hydrogens (primary N) is 2. The maximum absolute atomic E-state index is 15.6. The molecule has 6 amide bonds. The second-order valence-electron chi connectivity index (χ2n) is 29.3. The van der Waals surface area contributed by atoms with Gasteiger partial charge in [0, 0.05) is 93.4 Å². The van der Waals surface area contributed by atoms with Gasteiger partial charge in [0.2, 0.25) is 35.4 Å². The van der Waals surface area contributed by atoms with Crippen LogP contribution >= 0.6 is 0 Å². The number of H-pyrrole nitrogens is 1. The van der Waals surface area contributed by atoms with E-state index in [1.54, 1.807) is 37.6 Å². The number of carbonyl (C=O) groups excluding carboxylic acids is 11. The monoisotopic (exact) mass is 1550 g/mol. The molecule has 0 spiro atoms. The molecule has 600 valence electrons. The van der Waals surface area contributed by atoms with E-state index in [4.69, 9.17) is 16.2 Å². The van der Waals surface area contributed by atoms with Crippen LogP contribution in [-0.2, 0) is 94.4 Å². The number of halogens is 1. The van der Waals surface area contributed by atoms with E-state index < -0.39 is 218 Å². The smallest absolute Gasteiger partial charge is 0.304 e. The SMILES string of the molecule is CCc1cc(OC)ccc1-c1ccc(C[C@H](NC(=O)[C@H](CC(=O)O)CC(=O)[C@H](CO)NC(=O)[C@@H](CC(=O)[C@](C)(Cc2ccccc2F)NC(=O)[C@@H](CC(=O)CNC(=O)[C@H](CCC(=O)O)CC(=O)[C@@]2(C)CCCN2C(=O)[C@@H](N)Cc2cnc[nH]2)[C@@H](C)O)[C@@H](C)O)C(=O)C[C@@H](Cc2ccc(-c3ccccc3C)nc2)C(N)=O)cc1. The Labute approximate surface area is 648 Å². The van der Waals surface area contributed by atoms with Crippen LogP contribution in [0.4, 0.5) is 4.39 Å². The number of nitrogens with one attached hydrogen (secondary N) is 5. The van der Waals surface area contributed by atoms with E-state index in [-0.39, 0.29) is 44.2 Å². The molecular formula is C82H101FN10O19. The van der Waals surface area contributed by atoms with Crippen molar-refractivity contribution in [2.45, 2.75) is 179 Å². The Bertz CT molecular complexity index is 4360. The summed E-state index contributed by atoms with van der Waals surface area (Å²) in [6.07, 6.45) is -4.24. The summed E-state index contributed by atoms with van der Waals surface area (Å²) < 4.78 is 21.0. The van der Waals surface area contributed by atoms with Gasteiger partial charge in [0.15, 0.2) is 28.9 Å². The van der Waals surface area contributed by atoms with Crippen LogP contribution in [0.2, 0.25) is 0 Å². The molecule has 30 heteroatoms. The van der Waals surface area contributed by atoms with Gasteiger partial charge >= 0.3 is 11.9 Å². The lowest BCUT2D eigenvalue weighted by molar-refractivity contribution is -0.145. The fraction of sp³-hybridized carbons (Fsp3) is 0.451. The average molecular weight is 1550 g/mol. The van der Waals surface area contributed by atoms with Crippen LogP contribution in [0.5, 0.6) is 5.75 Å². The van der Waals surface area contributed by atoms with Crippen LogP contribution in [0.3, 0.4) is 0 Å². The molecule has 2 aromatic heterocycles. The fourth-order valence-corrected chi connectivity index (χ4v) is 14.0. The van der Waals surface area contributed by atoms with Gasteiger partial charge in [0.1, 0.15) is 17.6 Å². The molecule has 112 heavy (non-hydrogen) atoms. The molecule has 1 aliphatic rings. The number of pyridine rings is 1. The van der Waals surface area contributed by atoms with Crippen LogP contribution in [0, 0.1) is 42.3 Å². The van der Waals surface area contributed by atoms with Crippen molar-refractivity contribution < 1.29 is 97.0 Å². The molecule has 1 saturated heterocycles. The molecule has 0 saturated carbocycles. The van der Waals surface area contributed by atoms with Crippen molar-refractivity contribution in [1.82, 2.24) is 41.1 Å². The zero-order valence-electron chi connectivity index (χ0n) is 63.9. The van der Waals surface area contributed by atoms with Crippen LogP contribution in [-0.4, -0.2) is 190 Å². The Morgan fingerprint density at radius 2 is 1.36 bits per heavy atom. The number of rotatable bonds is 45. The van der Waals surface area contributed by atoms with E-state index in [9.17, 15) is 87.9 Å². The molecule has 7 rings (SSSR count). The molecule has 4 aromatic carbocycles. The normalized spacial score (nSPS) is 16.6. The summed E-state index contributed by atoms with van der Waals surface area (Å²) in [5.41, 5.74) is 15.2. The topological polar surface area (TPSA) is 477 Å². The molecule has 6 aromatic rings. The number of benzene rings is 4. The van der Waals surface area contributed by atoms with E-state index in [0.717, 1.165) is 54.7 Å². The van der Waals surface area contributed by atoms with E-state index in [0.29, 0.717) is 41.1 Å². The van der Waals surface area contributed by atoms with E-state index in [1.807, 2.05) is 68.4 Å². The fourth-order valence-electron chi connectivity index (χ4n) is 14.0. The zero-order valence-corrected chi connectivity index (χ0v) is 63.9. The molecule has 0 unspecified atom stereocenters. The highest BCUT2D eigenvalue weighted by Crippen LogP contribution is 2.35. The summed E-state index contributed by atoms with van der Waals surface area (Å²) in [5, 5.41) is 62.5. The first kappa shape index (κ1) is 88.1. The molecule has 29 nitrogen and oxygen atoms in total. The number of carbonyl (C=O) groups is 13. The molecule has 0 radical (unpaired) electrons. The summed E-state index contributed by atoms with van der Waals surface area (Å²) in [7, 11) is 1.56. The minimum absolute atomic E-state index is 0.0347. The van der Waals surface area contributed by atoms with Crippen molar-refractivity contribution in [2.24, 2.45) is 41.1 Å². The van der Waals surface area contributed by atoms with Gasteiger partial charge in [-0.15, -0.1) is 0 Å². The number of hydrogen-bond acceptors (Lipinski definition) is 20. The first-order valence-corrected chi connectivity index (χ1v) is 37.2. The molecule has 14 N–H and O–H groups in total. The van der Waals surface area contributed by atoms with Crippen LogP contribution in [0.1, 0.15) is 132 Å². The Hall–Kier alpha value is -11.1. The minimum Gasteiger partial charge on any atom is -0.497 e. The summed E-state index contributed by atoms with van der Waals surface area (Å²) in [4.78, 5) is 193. The third kappa shape index (κ3) is 24.2.